The van der Waals surface area contributed by atoms with E-state index in [0.717, 1.165) is 25.7 Å². The fraction of sp³-hybridized carbons (Fsp3) is 1.00. The Morgan fingerprint density at radius 1 is 0.476 bits per heavy atom. The Bertz CT molecular complexity index is 183. The molecule has 4 heteroatoms. The van der Waals surface area contributed by atoms with Gasteiger partial charge in [0.1, 0.15) is 0 Å². The topological polar surface area (TPSA) is 92.5 Å². The number of hydrogen-bond donors (Lipinski definition) is 4. The molecule has 4 nitrogen and oxygen atoms in total. The zero-order chi connectivity index (χ0) is 15.8. The van der Waals surface area contributed by atoms with Crippen LogP contribution < -0.4 is 11.5 Å². The van der Waals surface area contributed by atoms with Gasteiger partial charge in [0.15, 0.2) is 0 Å². The average molecular weight is 303 g/mol. The fourth-order valence-corrected chi connectivity index (χ4v) is 2.59. The van der Waals surface area contributed by atoms with Crippen molar-refractivity contribution in [1.29, 1.82) is 0 Å². The number of nitrogens with two attached hydrogens (primary N) is 2. The van der Waals surface area contributed by atoms with Gasteiger partial charge in [-0.2, -0.15) is 0 Å². The van der Waals surface area contributed by atoms with Crippen molar-refractivity contribution in [3.63, 3.8) is 0 Å². The molecule has 21 heavy (non-hydrogen) atoms. The first-order chi connectivity index (χ1) is 10.2. The zero-order valence-corrected chi connectivity index (χ0v) is 13.8. The first-order valence-electron chi connectivity index (χ1n) is 8.97. The van der Waals surface area contributed by atoms with Crippen molar-refractivity contribution in [2.45, 2.75) is 95.7 Å². The lowest BCUT2D eigenvalue weighted by molar-refractivity contribution is 0.168. The predicted molar refractivity (Wildman–Crippen MR) is 90.1 cm³/mol. The Kier molecular flexibility index (Phi) is 16.1. The van der Waals surface area contributed by atoms with Crippen molar-refractivity contribution in [2.75, 3.05) is 13.1 Å². The van der Waals surface area contributed by atoms with Crippen LogP contribution in [0.5, 0.6) is 0 Å². The second-order valence-electron chi connectivity index (χ2n) is 6.25. The summed E-state index contributed by atoms with van der Waals surface area (Å²) in [5.74, 6) is 0. The highest BCUT2D eigenvalue weighted by Crippen LogP contribution is 2.13. The van der Waals surface area contributed by atoms with Gasteiger partial charge in [0.2, 0.25) is 0 Å². The van der Waals surface area contributed by atoms with E-state index in [1.807, 2.05) is 0 Å². The molecule has 2 unspecified atom stereocenters. The van der Waals surface area contributed by atoms with Crippen molar-refractivity contribution in [1.82, 2.24) is 0 Å². The van der Waals surface area contributed by atoms with E-state index < -0.39 is 0 Å². The monoisotopic (exact) mass is 302 g/mol. The smallest absolute Gasteiger partial charge is 0.0662 e. The summed E-state index contributed by atoms with van der Waals surface area (Å²) in [7, 11) is 0. The Balaban J connectivity index is 3.03. The zero-order valence-electron chi connectivity index (χ0n) is 13.8. The predicted octanol–water partition coefficient (Wildman–Crippen LogP) is 2.70. The maximum absolute atomic E-state index is 9.32. The summed E-state index contributed by atoms with van der Waals surface area (Å²) in [5, 5.41) is 18.6. The third-order valence-corrected chi connectivity index (χ3v) is 4.12. The molecule has 0 aromatic heterocycles. The van der Waals surface area contributed by atoms with Crippen LogP contribution in [-0.4, -0.2) is 35.5 Å². The lowest BCUT2D eigenvalue weighted by Crippen LogP contribution is -2.19. The lowest BCUT2D eigenvalue weighted by atomic mass is 10.0. The Morgan fingerprint density at radius 2 is 0.714 bits per heavy atom. The highest BCUT2D eigenvalue weighted by atomic mass is 16.3. The van der Waals surface area contributed by atoms with Crippen LogP contribution in [0.25, 0.3) is 0 Å². The molecule has 0 saturated carbocycles. The van der Waals surface area contributed by atoms with E-state index in [1.165, 1.54) is 57.8 Å². The molecule has 0 aromatic carbocycles. The van der Waals surface area contributed by atoms with E-state index in [1.54, 1.807) is 0 Å². The standard InChI is InChI=1S/C17H38N2O2/c18-14-16(20)12-10-8-6-4-2-1-3-5-7-9-11-13-17(21)15-19/h16-17,20-21H,1-15,18-19H2. The highest BCUT2D eigenvalue weighted by molar-refractivity contribution is 4.57. The second kappa shape index (κ2) is 16.2. The van der Waals surface area contributed by atoms with Crippen LogP contribution in [0.15, 0.2) is 0 Å². The second-order valence-corrected chi connectivity index (χ2v) is 6.25. The van der Waals surface area contributed by atoms with Crippen molar-refractivity contribution < 1.29 is 10.2 Å². The van der Waals surface area contributed by atoms with E-state index in [-0.39, 0.29) is 12.2 Å². The molecule has 0 aliphatic heterocycles. The molecule has 0 fully saturated rings. The Hall–Kier alpha value is -0.160. The molecule has 0 spiro atoms. The molecule has 2 atom stereocenters. The molecule has 6 N–H and O–H groups in total. The van der Waals surface area contributed by atoms with Crippen molar-refractivity contribution >= 4 is 0 Å². The summed E-state index contributed by atoms with van der Waals surface area (Å²) in [4.78, 5) is 0. The quantitative estimate of drug-likeness (QED) is 0.330. The number of hydrogen-bond acceptors (Lipinski definition) is 4. The van der Waals surface area contributed by atoms with E-state index >= 15 is 0 Å². The molecule has 0 aliphatic carbocycles. The lowest BCUT2D eigenvalue weighted by Gasteiger charge is -2.07. The molecule has 0 aromatic rings. The van der Waals surface area contributed by atoms with Crippen molar-refractivity contribution in [3.8, 4) is 0 Å². The highest BCUT2D eigenvalue weighted by Gasteiger charge is 2.01. The van der Waals surface area contributed by atoms with Gasteiger partial charge in [-0.05, 0) is 12.8 Å². The Labute approximate surface area is 131 Å². The number of aliphatic hydroxyl groups excluding tert-OH is 2. The fourth-order valence-electron chi connectivity index (χ4n) is 2.59. The Morgan fingerprint density at radius 3 is 0.952 bits per heavy atom. The average Bonchev–Trinajstić information content (AvgIpc) is 2.51. The first-order valence-corrected chi connectivity index (χ1v) is 8.97. The van der Waals surface area contributed by atoms with Crippen LogP contribution >= 0.6 is 0 Å². The molecule has 0 rings (SSSR count). The van der Waals surface area contributed by atoms with Crippen LogP contribution in [-0.2, 0) is 0 Å². The van der Waals surface area contributed by atoms with Crippen LogP contribution in [0.4, 0.5) is 0 Å². The molecule has 0 heterocycles. The van der Waals surface area contributed by atoms with Gasteiger partial charge in [-0.15, -0.1) is 0 Å². The van der Waals surface area contributed by atoms with Gasteiger partial charge < -0.3 is 21.7 Å². The summed E-state index contributed by atoms with van der Waals surface area (Å²) >= 11 is 0. The van der Waals surface area contributed by atoms with Crippen LogP contribution in [0.2, 0.25) is 0 Å². The largest absolute Gasteiger partial charge is 0.392 e. The minimum atomic E-state index is -0.295. The summed E-state index contributed by atoms with van der Waals surface area (Å²) in [5.41, 5.74) is 10.7. The van der Waals surface area contributed by atoms with Gasteiger partial charge in [-0.1, -0.05) is 70.6 Å². The van der Waals surface area contributed by atoms with Crippen LogP contribution in [0.1, 0.15) is 83.5 Å². The van der Waals surface area contributed by atoms with Crippen molar-refractivity contribution in [2.24, 2.45) is 11.5 Å². The van der Waals surface area contributed by atoms with Gasteiger partial charge in [-0.3, -0.25) is 0 Å². The number of aliphatic hydroxyl groups is 2. The van der Waals surface area contributed by atoms with Gasteiger partial charge >= 0.3 is 0 Å². The minimum Gasteiger partial charge on any atom is -0.392 e. The SMILES string of the molecule is NCC(O)CCCCCCCCCCCCCC(O)CN. The molecule has 0 amide bonds. The molecular formula is C17H38N2O2. The summed E-state index contributed by atoms with van der Waals surface area (Å²) in [6, 6.07) is 0. The number of unbranched alkanes of at least 4 members (excludes halogenated alkanes) is 10. The molecule has 0 saturated heterocycles. The number of rotatable bonds is 16. The van der Waals surface area contributed by atoms with E-state index in [9.17, 15) is 10.2 Å². The molecule has 0 aliphatic rings. The van der Waals surface area contributed by atoms with Crippen LogP contribution in [0, 0.1) is 0 Å². The van der Waals surface area contributed by atoms with Crippen LogP contribution in [0.3, 0.4) is 0 Å². The van der Waals surface area contributed by atoms with E-state index in [2.05, 4.69) is 0 Å². The third kappa shape index (κ3) is 16.0. The van der Waals surface area contributed by atoms with Gasteiger partial charge in [0, 0.05) is 13.1 Å². The maximum Gasteiger partial charge on any atom is 0.0662 e. The molecular weight excluding hydrogens is 264 g/mol. The minimum absolute atomic E-state index is 0.295. The van der Waals surface area contributed by atoms with Gasteiger partial charge in [0.05, 0.1) is 12.2 Å². The first kappa shape index (κ1) is 20.8. The van der Waals surface area contributed by atoms with Gasteiger partial charge in [0.25, 0.3) is 0 Å². The summed E-state index contributed by atoms with van der Waals surface area (Å²) in [6.45, 7) is 0.788. The molecule has 0 bridgehead atoms. The van der Waals surface area contributed by atoms with Crippen molar-refractivity contribution in [3.05, 3.63) is 0 Å². The van der Waals surface area contributed by atoms with E-state index in [4.69, 9.17) is 11.5 Å². The normalized spacial score (nSPS) is 14.3. The van der Waals surface area contributed by atoms with Gasteiger partial charge in [-0.25, -0.2) is 0 Å². The molecule has 128 valence electrons. The summed E-state index contributed by atoms with van der Waals surface area (Å²) in [6.07, 6.45) is 15.0. The molecule has 0 radical (unpaired) electrons. The summed E-state index contributed by atoms with van der Waals surface area (Å²) < 4.78 is 0. The third-order valence-electron chi connectivity index (χ3n) is 4.12. The maximum atomic E-state index is 9.32. The van der Waals surface area contributed by atoms with E-state index in [0.29, 0.717) is 13.1 Å².